The first-order valence-electron chi connectivity index (χ1n) is 7.95. The van der Waals surface area contributed by atoms with Crippen LogP contribution in [0.25, 0.3) is 0 Å². The van der Waals surface area contributed by atoms with E-state index in [1.807, 2.05) is 24.3 Å². The zero-order chi connectivity index (χ0) is 13.8. The minimum absolute atomic E-state index is 0.805. The molecule has 1 saturated carbocycles. The molecule has 0 radical (unpaired) electrons. The Labute approximate surface area is 130 Å². The van der Waals surface area contributed by atoms with Crippen molar-refractivity contribution in [3.8, 4) is 5.75 Å². The van der Waals surface area contributed by atoms with Crippen molar-refractivity contribution >= 4 is 15.9 Å². The van der Waals surface area contributed by atoms with Gasteiger partial charge in [0.2, 0.25) is 0 Å². The second kappa shape index (κ2) is 6.95. The summed E-state index contributed by atoms with van der Waals surface area (Å²) in [6.45, 7) is 3.15. The molecule has 1 aromatic carbocycles. The summed E-state index contributed by atoms with van der Waals surface area (Å²) in [5.41, 5.74) is 0. The maximum Gasteiger partial charge on any atom is 0.120 e. The molecule has 2 nitrogen and oxygen atoms in total. The van der Waals surface area contributed by atoms with Crippen molar-refractivity contribution in [3.05, 3.63) is 28.7 Å². The Bertz CT molecular complexity index is 435. The van der Waals surface area contributed by atoms with E-state index in [1.54, 1.807) is 0 Å². The van der Waals surface area contributed by atoms with Gasteiger partial charge in [-0.2, -0.15) is 0 Å². The first kappa shape index (κ1) is 14.4. The summed E-state index contributed by atoms with van der Waals surface area (Å²) in [6.07, 6.45) is 8.55. The quantitative estimate of drug-likeness (QED) is 0.802. The summed E-state index contributed by atoms with van der Waals surface area (Å²) < 4.78 is 6.98. The van der Waals surface area contributed by atoms with Crippen LogP contribution in [0.3, 0.4) is 0 Å². The van der Waals surface area contributed by atoms with E-state index in [9.17, 15) is 0 Å². The predicted octanol–water partition coefficient (Wildman–Crippen LogP) is 4.48. The van der Waals surface area contributed by atoms with Crippen molar-refractivity contribution in [2.24, 2.45) is 5.92 Å². The lowest BCUT2D eigenvalue weighted by molar-refractivity contribution is 0.0501. The van der Waals surface area contributed by atoms with Gasteiger partial charge >= 0.3 is 0 Å². The van der Waals surface area contributed by atoms with Crippen molar-refractivity contribution in [1.29, 1.82) is 0 Å². The highest BCUT2D eigenvalue weighted by Gasteiger charge is 2.32. The number of benzene rings is 1. The smallest absolute Gasteiger partial charge is 0.120 e. The summed E-state index contributed by atoms with van der Waals surface area (Å²) in [5.74, 6) is 1.93. The van der Waals surface area contributed by atoms with Crippen LogP contribution < -0.4 is 4.74 Å². The van der Waals surface area contributed by atoms with Crippen LogP contribution in [-0.4, -0.2) is 30.6 Å². The van der Waals surface area contributed by atoms with Crippen molar-refractivity contribution < 1.29 is 4.74 Å². The van der Waals surface area contributed by atoms with Crippen LogP contribution in [-0.2, 0) is 0 Å². The van der Waals surface area contributed by atoms with E-state index >= 15 is 0 Å². The van der Waals surface area contributed by atoms with Crippen LogP contribution in [0.5, 0.6) is 5.75 Å². The van der Waals surface area contributed by atoms with Gasteiger partial charge < -0.3 is 4.74 Å². The van der Waals surface area contributed by atoms with Gasteiger partial charge in [-0.3, -0.25) is 4.90 Å². The largest absolute Gasteiger partial charge is 0.492 e. The second-order valence-electron chi connectivity index (χ2n) is 6.10. The highest BCUT2D eigenvalue weighted by atomic mass is 79.9. The summed E-state index contributed by atoms with van der Waals surface area (Å²) in [6, 6.07) is 8.97. The molecule has 3 heteroatoms. The molecule has 3 rings (SSSR count). The standard InChI is InChI=1S/C17H24BrNO/c18-15-7-3-8-16(13-15)20-12-11-19-10-4-6-14-5-1-2-9-17(14)19/h3,7-8,13-14,17H,1-2,4-6,9-12H2/t14-,17-/m1/s1. The average Bonchev–Trinajstić information content (AvgIpc) is 2.48. The fraction of sp³-hybridized carbons (Fsp3) is 0.647. The molecule has 2 atom stereocenters. The van der Waals surface area contributed by atoms with E-state index in [0.717, 1.165) is 35.3 Å². The zero-order valence-electron chi connectivity index (χ0n) is 12.1. The maximum atomic E-state index is 5.90. The molecular weight excluding hydrogens is 314 g/mol. The summed E-state index contributed by atoms with van der Waals surface area (Å²) in [7, 11) is 0. The van der Waals surface area contributed by atoms with Gasteiger partial charge in [-0.15, -0.1) is 0 Å². The third-order valence-electron chi connectivity index (χ3n) is 4.80. The predicted molar refractivity (Wildman–Crippen MR) is 86.2 cm³/mol. The number of hydrogen-bond acceptors (Lipinski definition) is 2. The first-order valence-corrected chi connectivity index (χ1v) is 8.74. The molecule has 0 bridgehead atoms. The van der Waals surface area contributed by atoms with E-state index in [-0.39, 0.29) is 0 Å². The van der Waals surface area contributed by atoms with E-state index in [0.29, 0.717) is 0 Å². The summed E-state index contributed by atoms with van der Waals surface area (Å²) >= 11 is 3.49. The molecule has 20 heavy (non-hydrogen) atoms. The van der Waals surface area contributed by atoms with Crippen LogP contribution in [0.1, 0.15) is 38.5 Å². The Hall–Kier alpha value is -0.540. The summed E-state index contributed by atoms with van der Waals surface area (Å²) in [5, 5.41) is 0. The SMILES string of the molecule is Brc1cccc(OCCN2CCC[C@H]3CCCC[C@H]32)c1. The lowest BCUT2D eigenvalue weighted by Gasteiger charge is -2.44. The van der Waals surface area contributed by atoms with Crippen LogP contribution >= 0.6 is 15.9 Å². The molecule has 2 aliphatic rings. The van der Waals surface area contributed by atoms with Crippen LogP contribution in [0, 0.1) is 5.92 Å². The molecule has 2 fully saturated rings. The maximum absolute atomic E-state index is 5.90. The van der Waals surface area contributed by atoms with Crippen LogP contribution in [0.15, 0.2) is 28.7 Å². The Morgan fingerprint density at radius 1 is 1.15 bits per heavy atom. The molecule has 1 saturated heterocycles. The molecule has 1 aliphatic heterocycles. The van der Waals surface area contributed by atoms with Gasteiger partial charge in [0.25, 0.3) is 0 Å². The zero-order valence-corrected chi connectivity index (χ0v) is 13.6. The van der Waals surface area contributed by atoms with E-state index in [1.165, 1.54) is 45.1 Å². The van der Waals surface area contributed by atoms with Crippen LogP contribution in [0.4, 0.5) is 0 Å². The molecule has 0 unspecified atom stereocenters. The minimum atomic E-state index is 0.805. The highest BCUT2D eigenvalue weighted by Crippen LogP contribution is 2.35. The molecule has 0 spiro atoms. The number of fused-ring (bicyclic) bond motifs is 1. The number of halogens is 1. The molecule has 0 aromatic heterocycles. The lowest BCUT2D eigenvalue weighted by atomic mass is 9.78. The van der Waals surface area contributed by atoms with Crippen molar-refractivity contribution in [3.63, 3.8) is 0 Å². The monoisotopic (exact) mass is 337 g/mol. The fourth-order valence-corrected chi connectivity index (χ4v) is 4.22. The molecule has 1 heterocycles. The van der Waals surface area contributed by atoms with Gasteiger partial charge in [-0.25, -0.2) is 0 Å². The number of rotatable bonds is 4. The molecule has 0 N–H and O–H groups in total. The molecule has 110 valence electrons. The number of ether oxygens (including phenoxy) is 1. The van der Waals surface area contributed by atoms with Gasteiger partial charge in [0.15, 0.2) is 0 Å². The minimum Gasteiger partial charge on any atom is -0.492 e. The molecular formula is C17H24BrNO. The molecule has 1 aliphatic carbocycles. The van der Waals surface area contributed by atoms with Gasteiger partial charge in [0.05, 0.1) is 0 Å². The number of piperidine rings is 1. The first-order chi connectivity index (χ1) is 9.83. The third-order valence-corrected chi connectivity index (χ3v) is 5.29. The molecule has 1 aromatic rings. The van der Waals surface area contributed by atoms with Crippen molar-refractivity contribution in [1.82, 2.24) is 4.90 Å². The Morgan fingerprint density at radius 3 is 2.90 bits per heavy atom. The highest BCUT2D eigenvalue weighted by molar-refractivity contribution is 9.10. The van der Waals surface area contributed by atoms with Gasteiger partial charge in [-0.05, 0) is 56.3 Å². The van der Waals surface area contributed by atoms with Gasteiger partial charge in [0, 0.05) is 17.1 Å². The number of likely N-dealkylation sites (tertiary alicyclic amines) is 1. The number of nitrogens with zero attached hydrogens (tertiary/aromatic N) is 1. The molecule has 0 amide bonds. The van der Waals surface area contributed by atoms with Gasteiger partial charge in [0.1, 0.15) is 12.4 Å². The summed E-state index contributed by atoms with van der Waals surface area (Å²) in [4.78, 5) is 2.69. The lowest BCUT2D eigenvalue weighted by Crippen LogP contribution is -2.48. The fourth-order valence-electron chi connectivity index (χ4n) is 3.84. The van der Waals surface area contributed by atoms with E-state index < -0.39 is 0 Å². The van der Waals surface area contributed by atoms with Crippen LogP contribution in [0.2, 0.25) is 0 Å². The second-order valence-corrected chi connectivity index (χ2v) is 7.01. The Balaban J connectivity index is 1.50. The van der Waals surface area contributed by atoms with E-state index in [4.69, 9.17) is 4.74 Å². The number of hydrogen-bond donors (Lipinski definition) is 0. The third kappa shape index (κ3) is 3.56. The van der Waals surface area contributed by atoms with Gasteiger partial charge in [-0.1, -0.05) is 34.8 Å². The van der Waals surface area contributed by atoms with E-state index in [2.05, 4.69) is 20.8 Å². The average molecular weight is 338 g/mol. The Morgan fingerprint density at radius 2 is 2.00 bits per heavy atom. The topological polar surface area (TPSA) is 12.5 Å². The normalized spacial score (nSPS) is 27.1. The van der Waals surface area contributed by atoms with Crippen molar-refractivity contribution in [2.45, 2.75) is 44.6 Å². The van der Waals surface area contributed by atoms with Crippen molar-refractivity contribution in [2.75, 3.05) is 19.7 Å². The Kier molecular flexibility index (Phi) is 5.00.